The van der Waals surface area contributed by atoms with Crippen molar-refractivity contribution in [3.63, 3.8) is 0 Å². The molecule has 116 valence electrons. The molecule has 0 aliphatic heterocycles. The molecule has 1 aromatic heterocycles. The lowest BCUT2D eigenvalue weighted by Gasteiger charge is -2.20. The molecule has 0 aliphatic carbocycles. The van der Waals surface area contributed by atoms with Crippen LogP contribution >= 0.6 is 0 Å². The Labute approximate surface area is 131 Å². The first-order chi connectivity index (χ1) is 10.5. The minimum Gasteiger partial charge on any atom is -0.496 e. The molecule has 1 aromatic carbocycles. The van der Waals surface area contributed by atoms with Crippen LogP contribution in [-0.4, -0.2) is 36.5 Å². The number of aromatic nitrogens is 1. The maximum atomic E-state index is 12.7. The van der Waals surface area contributed by atoms with E-state index in [-0.39, 0.29) is 5.91 Å². The second kappa shape index (κ2) is 7.07. The first-order valence-electron chi connectivity index (χ1n) is 7.32. The third-order valence-electron chi connectivity index (χ3n) is 3.69. The number of likely N-dealkylation sites (N-methyl/N-ethyl adjacent to an activating group) is 1. The highest BCUT2D eigenvalue weighted by Crippen LogP contribution is 2.26. The third-order valence-corrected chi connectivity index (χ3v) is 3.69. The molecule has 0 saturated heterocycles. The monoisotopic (exact) mass is 298 g/mol. The number of benzene rings is 1. The number of hydrogen-bond acceptors (Lipinski definition) is 3. The van der Waals surface area contributed by atoms with Gasteiger partial charge in [0.05, 0.1) is 12.7 Å². The van der Waals surface area contributed by atoms with E-state index in [0.717, 1.165) is 17.5 Å². The molecule has 0 unspecified atom stereocenters. The largest absolute Gasteiger partial charge is 0.496 e. The molecule has 2 rings (SSSR count). The fourth-order valence-electron chi connectivity index (χ4n) is 2.54. The molecule has 0 N–H and O–H groups in total. The van der Waals surface area contributed by atoms with Crippen molar-refractivity contribution in [3.8, 4) is 5.75 Å². The molecule has 4 heteroatoms. The number of pyridine rings is 1. The lowest BCUT2D eigenvalue weighted by Crippen LogP contribution is -2.29. The maximum absolute atomic E-state index is 12.7. The molecule has 1 heterocycles. The van der Waals surface area contributed by atoms with Crippen molar-refractivity contribution in [2.75, 3.05) is 20.7 Å². The topological polar surface area (TPSA) is 42.4 Å². The summed E-state index contributed by atoms with van der Waals surface area (Å²) in [6.07, 6.45) is 4.34. The normalized spacial score (nSPS) is 10.4. The third kappa shape index (κ3) is 3.64. The zero-order chi connectivity index (χ0) is 16.1. The van der Waals surface area contributed by atoms with E-state index in [0.29, 0.717) is 17.9 Å². The van der Waals surface area contributed by atoms with E-state index in [4.69, 9.17) is 4.74 Å². The average Bonchev–Trinajstić information content (AvgIpc) is 2.52. The van der Waals surface area contributed by atoms with Gasteiger partial charge in [0.15, 0.2) is 0 Å². The number of hydrogen-bond donors (Lipinski definition) is 0. The molecule has 4 nitrogen and oxygen atoms in total. The van der Waals surface area contributed by atoms with Crippen LogP contribution in [0.3, 0.4) is 0 Å². The Morgan fingerprint density at radius 3 is 2.55 bits per heavy atom. The molecule has 0 bridgehead atoms. The van der Waals surface area contributed by atoms with Gasteiger partial charge in [0.1, 0.15) is 5.75 Å². The van der Waals surface area contributed by atoms with Crippen LogP contribution in [0.25, 0.3) is 0 Å². The van der Waals surface area contributed by atoms with E-state index in [2.05, 4.69) is 4.98 Å². The highest BCUT2D eigenvalue weighted by molar-refractivity contribution is 5.97. The number of amides is 1. The number of nitrogens with zero attached hydrogens (tertiary/aromatic N) is 2. The second-order valence-electron chi connectivity index (χ2n) is 5.49. The number of methoxy groups -OCH3 is 1. The van der Waals surface area contributed by atoms with Crippen molar-refractivity contribution < 1.29 is 9.53 Å². The van der Waals surface area contributed by atoms with Crippen molar-refractivity contribution in [2.45, 2.75) is 20.3 Å². The number of rotatable bonds is 5. The van der Waals surface area contributed by atoms with Gasteiger partial charge in [0, 0.05) is 26.0 Å². The lowest BCUT2D eigenvalue weighted by atomic mass is 10.0. The second-order valence-corrected chi connectivity index (χ2v) is 5.49. The SMILES string of the molecule is COc1c(C)cc(C)cc1C(=O)N(C)CCc1ccncc1. The molecule has 2 aromatic rings. The Balaban J connectivity index is 2.14. The molecular weight excluding hydrogens is 276 g/mol. The number of carbonyl (C=O) groups excluding carboxylic acids is 1. The van der Waals surface area contributed by atoms with Crippen molar-refractivity contribution >= 4 is 5.91 Å². The van der Waals surface area contributed by atoms with Gasteiger partial charge in [0.25, 0.3) is 5.91 Å². The number of ether oxygens (including phenoxy) is 1. The molecule has 0 aliphatic rings. The summed E-state index contributed by atoms with van der Waals surface area (Å²) in [7, 11) is 3.42. The standard InChI is InChI=1S/C18H22N2O2/c1-13-11-14(2)17(22-4)16(12-13)18(21)20(3)10-7-15-5-8-19-9-6-15/h5-6,8-9,11-12H,7,10H2,1-4H3. The van der Waals surface area contributed by atoms with Gasteiger partial charge in [-0.3, -0.25) is 9.78 Å². The van der Waals surface area contributed by atoms with Gasteiger partial charge in [-0.25, -0.2) is 0 Å². The Bertz CT molecular complexity index is 654. The van der Waals surface area contributed by atoms with Gasteiger partial charge < -0.3 is 9.64 Å². The molecule has 0 atom stereocenters. The predicted octanol–water partition coefficient (Wildman–Crippen LogP) is 3.02. The minimum atomic E-state index is -0.0160. The van der Waals surface area contributed by atoms with Gasteiger partial charge in [-0.15, -0.1) is 0 Å². The van der Waals surface area contributed by atoms with E-state index in [1.165, 1.54) is 5.56 Å². The fourth-order valence-corrected chi connectivity index (χ4v) is 2.54. The summed E-state index contributed by atoms with van der Waals surface area (Å²) in [6, 6.07) is 7.84. The maximum Gasteiger partial charge on any atom is 0.257 e. The van der Waals surface area contributed by atoms with Crippen LogP contribution in [0.2, 0.25) is 0 Å². The van der Waals surface area contributed by atoms with E-state index in [9.17, 15) is 4.79 Å². The summed E-state index contributed by atoms with van der Waals surface area (Å²) >= 11 is 0. The fraction of sp³-hybridized carbons (Fsp3) is 0.333. The lowest BCUT2D eigenvalue weighted by molar-refractivity contribution is 0.0793. The van der Waals surface area contributed by atoms with Gasteiger partial charge in [-0.2, -0.15) is 0 Å². The number of carbonyl (C=O) groups is 1. The van der Waals surface area contributed by atoms with Gasteiger partial charge >= 0.3 is 0 Å². The van der Waals surface area contributed by atoms with E-state index in [1.807, 2.05) is 45.2 Å². The molecule has 22 heavy (non-hydrogen) atoms. The Morgan fingerprint density at radius 2 is 1.91 bits per heavy atom. The van der Waals surface area contributed by atoms with E-state index >= 15 is 0 Å². The van der Waals surface area contributed by atoms with Crippen LogP contribution in [-0.2, 0) is 6.42 Å². The van der Waals surface area contributed by atoms with Gasteiger partial charge in [0.2, 0.25) is 0 Å². The zero-order valence-corrected chi connectivity index (χ0v) is 13.6. The average molecular weight is 298 g/mol. The van der Waals surface area contributed by atoms with Gasteiger partial charge in [-0.05, 0) is 55.2 Å². The van der Waals surface area contributed by atoms with Crippen molar-refractivity contribution in [2.24, 2.45) is 0 Å². The highest BCUT2D eigenvalue weighted by Gasteiger charge is 2.18. The van der Waals surface area contributed by atoms with Crippen LogP contribution in [0.4, 0.5) is 0 Å². The molecular formula is C18H22N2O2. The van der Waals surface area contributed by atoms with Crippen molar-refractivity contribution in [1.29, 1.82) is 0 Å². The van der Waals surface area contributed by atoms with Crippen molar-refractivity contribution in [3.05, 3.63) is 58.9 Å². The Hall–Kier alpha value is -2.36. The predicted molar refractivity (Wildman–Crippen MR) is 87.4 cm³/mol. The summed E-state index contributed by atoms with van der Waals surface area (Å²) in [4.78, 5) is 18.4. The van der Waals surface area contributed by atoms with Crippen LogP contribution < -0.4 is 4.74 Å². The zero-order valence-electron chi connectivity index (χ0n) is 13.6. The highest BCUT2D eigenvalue weighted by atomic mass is 16.5. The first-order valence-corrected chi connectivity index (χ1v) is 7.32. The Morgan fingerprint density at radius 1 is 1.23 bits per heavy atom. The Kier molecular flexibility index (Phi) is 5.15. The van der Waals surface area contributed by atoms with E-state index < -0.39 is 0 Å². The summed E-state index contributed by atoms with van der Waals surface area (Å²) in [5.41, 5.74) is 3.83. The molecule has 0 radical (unpaired) electrons. The summed E-state index contributed by atoms with van der Waals surface area (Å²) in [6.45, 7) is 4.60. The molecule has 0 saturated carbocycles. The van der Waals surface area contributed by atoms with Crippen LogP contribution in [0.5, 0.6) is 5.75 Å². The van der Waals surface area contributed by atoms with Crippen LogP contribution in [0.1, 0.15) is 27.0 Å². The minimum absolute atomic E-state index is 0.0160. The summed E-state index contributed by atoms with van der Waals surface area (Å²) in [5, 5.41) is 0. The summed E-state index contributed by atoms with van der Waals surface area (Å²) < 4.78 is 5.41. The van der Waals surface area contributed by atoms with Crippen molar-refractivity contribution in [1.82, 2.24) is 9.88 Å². The van der Waals surface area contributed by atoms with Gasteiger partial charge in [-0.1, -0.05) is 6.07 Å². The van der Waals surface area contributed by atoms with Crippen LogP contribution in [0.15, 0.2) is 36.7 Å². The smallest absolute Gasteiger partial charge is 0.257 e. The number of aryl methyl sites for hydroxylation is 2. The molecule has 0 spiro atoms. The van der Waals surface area contributed by atoms with E-state index in [1.54, 1.807) is 24.4 Å². The molecule has 1 amide bonds. The first kappa shape index (κ1) is 16.0. The summed E-state index contributed by atoms with van der Waals surface area (Å²) in [5.74, 6) is 0.643. The quantitative estimate of drug-likeness (QED) is 0.852. The molecule has 0 fully saturated rings. The van der Waals surface area contributed by atoms with Crippen LogP contribution in [0, 0.1) is 13.8 Å².